The van der Waals surface area contributed by atoms with Crippen molar-refractivity contribution in [1.29, 1.82) is 5.26 Å². The Morgan fingerprint density at radius 2 is 1.59 bits per heavy atom. The van der Waals surface area contributed by atoms with E-state index in [9.17, 15) is 0 Å². The molecule has 2 N–H and O–H groups in total. The summed E-state index contributed by atoms with van der Waals surface area (Å²) in [5.74, 6) is 0. The van der Waals surface area contributed by atoms with Crippen LogP contribution in [0.25, 0.3) is 16.9 Å². The van der Waals surface area contributed by atoms with Crippen molar-refractivity contribution in [3.8, 4) is 23.0 Å². The number of nitrogen functional groups attached to an aromatic ring is 1. The summed E-state index contributed by atoms with van der Waals surface area (Å²) in [7, 11) is 0. The second-order valence-electron chi connectivity index (χ2n) is 6.33. The molecule has 1 heterocycles. The van der Waals surface area contributed by atoms with Gasteiger partial charge < -0.3 is 5.73 Å². The second-order valence-corrected chi connectivity index (χ2v) is 6.33. The van der Waals surface area contributed by atoms with E-state index in [2.05, 4.69) is 12.1 Å². The van der Waals surface area contributed by atoms with E-state index in [0.29, 0.717) is 12.0 Å². The van der Waals surface area contributed by atoms with Gasteiger partial charge in [-0.1, -0.05) is 48.5 Å². The standard InChI is InChI=1S/C23H18N4/c24-16-17-10-12-20(13-11-17)27-21(14-19-8-4-5-9-22(19)25)15-23(26-27)18-6-2-1-3-7-18/h1-13,15H,14,25H2. The summed E-state index contributed by atoms with van der Waals surface area (Å²) in [6.45, 7) is 0. The van der Waals surface area contributed by atoms with Crippen LogP contribution in [0.3, 0.4) is 0 Å². The van der Waals surface area contributed by atoms with Gasteiger partial charge in [-0.05, 0) is 42.0 Å². The second kappa shape index (κ2) is 7.19. The molecule has 0 aliphatic heterocycles. The molecule has 4 nitrogen and oxygen atoms in total. The van der Waals surface area contributed by atoms with E-state index < -0.39 is 0 Å². The predicted octanol–water partition coefficient (Wildman–Crippen LogP) is 4.58. The number of benzene rings is 3. The Hall–Kier alpha value is -3.84. The zero-order valence-electron chi connectivity index (χ0n) is 14.7. The molecule has 0 amide bonds. The Labute approximate surface area is 158 Å². The van der Waals surface area contributed by atoms with Crippen LogP contribution in [0.1, 0.15) is 16.8 Å². The topological polar surface area (TPSA) is 67.6 Å². The highest BCUT2D eigenvalue weighted by Crippen LogP contribution is 2.25. The number of anilines is 1. The van der Waals surface area contributed by atoms with Gasteiger partial charge in [-0.25, -0.2) is 4.68 Å². The summed E-state index contributed by atoms with van der Waals surface area (Å²) >= 11 is 0. The minimum Gasteiger partial charge on any atom is -0.398 e. The average molecular weight is 350 g/mol. The molecule has 0 saturated heterocycles. The van der Waals surface area contributed by atoms with E-state index in [-0.39, 0.29) is 0 Å². The quantitative estimate of drug-likeness (QED) is 0.548. The maximum absolute atomic E-state index is 9.05. The summed E-state index contributed by atoms with van der Waals surface area (Å²) in [5, 5.41) is 13.9. The minimum atomic E-state index is 0.628. The monoisotopic (exact) mass is 350 g/mol. The van der Waals surface area contributed by atoms with Gasteiger partial charge in [-0.3, -0.25) is 0 Å². The number of aromatic nitrogens is 2. The third-order valence-electron chi connectivity index (χ3n) is 4.52. The van der Waals surface area contributed by atoms with Crippen molar-refractivity contribution in [1.82, 2.24) is 9.78 Å². The Kier molecular flexibility index (Phi) is 4.42. The van der Waals surface area contributed by atoms with Crippen molar-refractivity contribution in [3.05, 3.63) is 102 Å². The van der Waals surface area contributed by atoms with Gasteiger partial charge in [0, 0.05) is 23.4 Å². The number of para-hydroxylation sites is 1. The highest BCUT2D eigenvalue weighted by molar-refractivity contribution is 5.61. The van der Waals surface area contributed by atoms with Crippen molar-refractivity contribution in [3.63, 3.8) is 0 Å². The van der Waals surface area contributed by atoms with Crippen LogP contribution in [0.15, 0.2) is 84.9 Å². The van der Waals surface area contributed by atoms with Crippen molar-refractivity contribution < 1.29 is 0 Å². The van der Waals surface area contributed by atoms with Gasteiger partial charge in [0.2, 0.25) is 0 Å². The van der Waals surface area contributed by atoms with Gasteiger partial charge in [0.15, 0.2) is 0 Å². The lowest BCUT2D eigenvalue weighted by Gasteiger charge is -2.09. The largest absolute Gasteiger partial charge is 0.398 e. The molecule has 0 saturated carbocycles. The number of nitriles is 1. The maximum atomic E-state index is 9.05. The Balaban J connectivity index is 1.81. The number of hydrogen-bond acceptors (Lipinski definition) is 3. The Morgan fingerprint density at radius 1 is 0.889 bits per heavy atom. The van der Waals surface area contributed by atoms with Crippen molar-refractivity contribution in [2.75, 3.05) is 5.73 Å². The molecule has 0 aliphatic carbocycles. The van der Waals surface area contributed by atoms with Crippen molar-refractivity contribution in [2.45, 2.75) is 6.42 Å². The van der Waals surface area contributed by atoms with Crippen LogP contribution in [0.5, 0.6) is 0 Å². The summed E-state index contributed by atoms with van der Waals surface area (Å²) in [4.78, 5) is 0. The lowest BCUT2D eigenvalue weighted by Crippen LogP contribution is -2.04. The third kappa shape index (κ3) is 3.44. The molecular formula is C23H18N4. The summed E-state index contributed by atoms with van der Waals surface area (Å²) in [5.41, 5.74) is 12.5. The van der Waals surface area contributed by atoms with Gasteiger partial charge in [0.05, 0.1) is 23.0 Å². The van der Waals surface area contributed by atoms with Gasteiger partial charge in [0.1, 0.15) is 0 Å². The summed E-state index contributed by atoms with van der Waals surface area (Å²) in [6, 6.07) is 29.7. The molecule has 0 aliphatic rings. The molecule has 4 heteroatoms. The van der Waals surface area contributed by atoms with Gasteiger partial charge in [0.25, 0.3) is 0 Å². The molecule has 0 atom stereocenters. The molecule has 4 rings (SSSR count). The fourth-order valence-electron chi connectivity index (χ4n) is 3.09. The van der Waals surface area contributed by atoms with E-state index in [0.717, 1.165) is 33.9 Å². The van der Waals surface area contributed by atoms with Crippen LogP contribution in [0.4, 0.5) is 5.69 Å². The highest BCUT2D eigenvalue weighted by Gasteiger charge is 2.13. The van der Waals surface area contributed by atoms with Gasteiger partial charge in [-0.2, -0.15) is 10.4 Å². The fraction of sp³-hybridized carbons (Fsp3) is 0.0435. The molecule has 3 aromatic carbocycles. The van der Waals surface area contributed by atoms with E-state index in [4.69, 9.17) is 16.1 Å². The van der Waals surface area contributed by atoms with Crippen LogP contribution < -0.4 is 5.73 Å². The van der Waals surface area contributed by atoms with Crippen LogP contribution in [-0.2, 0) is 6.42 Å². The lowest BCUT2D eigenvalue weighted by molar-refractivity contribution is 0.826. The zero-order valence-corrected chi connectivity index (χ0v) is 14.7. The molecule has 0 radical (unpaired) electrons. The zero-order chi connectivity index (χ0) is 18.6. The molecule has 0 unspecified atom stereocenters. The van der Waals surface area contributed by atoms with Gasteiger partial charge >= 0.3 is 0 Å². The normalized spacial score (nSPS) is 10.5. The number of rotatable bonds is 4. The summed E-state index contributed by atoms with van der Waals surface area (Å²) < 4.78 is 1.93. The number of nitrogens with two attached hydrogens (primary N) is 1. The minimum absolute atomic E-state index is 0.628. The third-order valence-corrected chi connectivity index (χ3v) is 4.52. The van der Waals surface area contributed by atoms with Crippen molar-refractivity contribution in [2.24, 2.45) is 0 Å². The Bertz CT molecular complexity index is 1100. The predicted molar refractivity (Wildman–Crippen MR) is 107 cm³/mol. The van der Waals surface area contributed by atoms with E-state index in [1.165, 1.54) is 0 Å². The number of hydrogen-bond donors (Lipinski definition) is 1. The smallest absolute Gasteiger partial charge is 0.0991 e. The van der Waals surface area contributed by atoms with E-state index in [1.54, 1.807) is 12.1 Å². The average Bonchev–Trinajstić information content (AvgIpc) is 3.14. The van der Waals surface area contributed by atoms with Gasteiger partial charge in [-0.15, -0.1) is 0 Å². The van der Waals surface area contributed by atoms with E-state index >= 15 is 0 Å². The van der Waals surface area contributed by atoms with Crippen molar-refractivity contribution >= 4 is 5.69 Å². The fourth-order valence-corrected chi connectivity index (χ4v) is 3.09. The summed E-state index contributed by atoms with van der Waals surface area (Å²) in [6.07, 6.45) is 0.673. The van der Waals surface area contributed by atoms with Crippen LogP contribution in [-0.4, -0.2) is 9.78 Å². The molecular weight excluding hydrogens is 332 g/mol. The molecule has 0 fully saturated rings. The van der Waals surface area contributed by atoms with Crippen LogP contribution in [0.2, 0.25) is 0 Å². The van der Waals surface area contributed by atoms with Crippen LogP contribution in [0, 0.1) is 11.3 Å². The highest BCUT2D eigenvalue weighted by atomic mass is 15.3. The first-order valence-electron chi connectivity index (χ1n) is 8.73. The molecule has 0 spiro atoms. The SMILES string of the molecule is N#Cc1ccc(-n2nc(-c3ccccc3)cc2Cc2ccccc2N)cc1. The van der Waals surface area contributed by atoms with Crippen LogP contribution >= 0.6 is 0 Å². The molecule has 1 aromatic heterocycles. The number of nitrogens with zero attached hydrogens (tertiary/aromatic N) is 3. The molecule has 27 heavy (non-hydrogen) atoms. The first-order valence-corrected chi connectivity index (χ1v) is 8.73. The first-order chi connectivity index (χ1) is 13.2. The first kappa shape index (κ1) is 16.6. The molecule has 130 valence electrons. The molecule has 0 bridgehead atoms. The molecule has 4 aromatic rings. The van der Waals surface area contributed by atoms with E-state index in [1.807, 2.05) is 71.4 Å². The lowest BCUT2D eigenvalue weighted by atomic mass is 10.1. The Morgan fingerprint density at radius 3 is 2.30 bits per heavy atom. The maximum Gasteiger partial charge on any atom is 0.0991 e.